The standard InChI is InChI=1S/C11H16Cl2N4O/c1-3-7(2)16-9(18)4-5-14-10-8(12)6-15-11(13)17-10/h6-7H,3-5H2,1-2H3,(H,16,18)(H,14,15,17). The van der Waals surface area contributed by atoms with Crippen molar-refractivity contribution in [3.63, 3.8) is 0 Å². The SMILES string of the molecule is CCC(C)NC(=O)CCNc1nc(Cl)ncc1Cl. The van der Waals surface area contributed by atoms with Gasteiger partial charge in [-0.25, -0.2) is 4.98 Å². The Kier molecular flexibility index (Phi) is 6.15. The third kappa shape index (κ3) is 5.06. The predicted molar refractivity (Wildman–Crippen MR) is 73.1 cm³/mol. The molecule has 0 saturated carbocycles. The van der Waals surface area contributed by atoms with Crippen molar-refractivity contribution < 1.29 is 4.79 Å². The van der Waals surface area contributed by atoms with Gasteiger partial charge >= 0.3 is 0 Å². The number of hydrogen-bond donors (Lipinski definition) is 2. The summed E-state index contributed by atoms with van der Waals surface area (Å²) in [7, 11) is 0. The summed E-state index contributed by atoms with van der Waals surface area (Å²) in [4.78, 5) is 19.2. The fourth-order valence-electron chi connectivity index (χ4n) is 1.21. The molecule has 0 fully saturated rings. The molecule has 0 bridgehead atoms. The molecule has 1 unspecified atom stereocenters. The zero-order valence-corrected chi connectivity index (χ0v) is 11.8. The summed E-state index contributed by atoms with van der Waals surface area (Å²) in [6, 6.07) is 0.189. The van der Waals surface area contributed by atoms with Gasteiger partial charge in [0, 0.05) is 19.0 Å². The topological polar surface area (TPSA) is 66.9 Å². The summed E-state index contributed by atoms with van der Waals surface area (Å²) in [5.41, 5.74) is 0. The Hall–Kier alpha value is -1.07. The van der Waals surface area contributed by atoms with Crippen LogP contribution in [-0.2, 0) is 4.79 Å². The molecule has 18 heavy (non-hydrogen) atoms. The van der Waals surface area contributed by atoms with E-state index in [1.54, 1.807) is 0 Å². The summed E-state index contributed by atoms with van der Waals surface area (Å²) >= 11 is 11.5. The van der Waals surface area contributed by atoms with Gasteiger partial charge < -0.3 is 10.6 Å². The van der Waals surface area contributed by atoms with Gasteiger partial charge in [-0.1, -0.05) is 18.5 Å². The maximum Gasteiger partial charge on any atom is 0.224 e. The van der Waals surface area contributed by atoms with Crippen LogP contribution in [0, 0.1) is 0 Å². The van der Waals surface area contributed by atoms with E-state index in [-0.39, 0.29) is 17.2 Å². The summed E-state index contributed by atoms with van der Waals surface area (Å²) in [6.07, 6.45) is 2.67. The van der Waals surface area contributed by atoms with Crippen LogP contribution in [0.3, 0.4) is 0 Å². The quantitative estimate of drug-likeness (QED) is 0.790. The zero-order chi connectivity index (χ0) is 13.5. The van der Waals surface area contributed by atoms with E-state index in [0.29, 0.717) is 23.8 Å². The van der Waals surface area contributed by atoms with E-state index in [1.165, 1.54) is 6.20 Å². The number of nitrogens with one attached hydrogen (secondary N) is 2. The van der Waals surface area contributed by atoms with E-state index in [1.807, 2.05) is 13.8 Å². The van der Waals surface area contributed by atoms with Crippen LogP contribution in [0.15, 0.2) is 6.20 Å². The first-order chi connectivity index (χ1) is 8.52. The van der Waals surface area contributed by atoms with Crippen molar-refractivity contribution in [2.24, 2.45) is 0 Å². The van der Waals surface area contributed by atoms with E-state index >= 15 is 0 Å². The van der Waals surface area contributed by atoms with Gasteiger partial charge in [0.25, 0.3) is 0 Å². The Morgan fingerprint density at radius 3 is 2.89 bits per heavy atom. The van der Waals surface area contributed by atoms with Crippen LogP contribution in [0.5, 0.6) is 0 Å². The lowest BCUT2D eigenvalue weighted by Gasteiger charge is -2.12. The number of carbonyl (C=O) groups excluding carboxylic acids is 1. The molecule has 2 N–H and O–H groups in total. The molecule has 0 radical (unpaired) electrons. The molecule has 1 aromatic heterocycles. The van der Waals surface area contributed by atoms with Crippen molar-refractivity contribution in [1.82, 2.24) is 15.3 Å². The number of halogens is 2. The van der Waals surface area contributed by atoms with Gasteiger partial charge in [-0.05, 0) is 24.9 Å². The van der Waals surface area contributed by atoms with Crippen molar-refractivity contribution in [3.05, 3.63) is 16.5 Å². The van der Waals surface area contributed by atoms with Gasteiger partial charge in [0.2, 0.25) is 11.2 Å². The first-order valence-electron chi connectivity index (χ1n) is 5.74. The maximum absolute atomic E-state index is 11.5. The largest absolute Gasteiger partial charge is 0.368 e. The summed E-state index contributed by atoms with van der Waals surface area (Å²) < 4.78 is 0. The molecule has 7 heteroatoms. The lowest BCUT2D eigenvalue weighted by Crippen LogP contribution is -2.33. The Labute approximate surface area is 116 Å². The highest BCUT2D eigenvalue weighted by molar-refractivity contribution is 6.33. The van der Waals surface area contributed by atoms with Gasteiger partial charge in [0.15, 0.2) is 0 Å². The smallest absolute Gasteiger partial charge is 0.224 e. The molecule has 1 heterocycles. The van der Waals surface area contributed by atoms with Crippen LogP contribution in [0.1, 0.15) is 26.7 Å². The van der Waals surface area contributed by atoms with Crippen LogP contribution in [0.2, 0.25) is 10.3 Å². The second-order valence-corrected chi connectivity index (χ2v) is 4.63. The number of rotatable bonds is 6. The molecule has 0 aliphatic carbocycles. The van der Waals surface area contributed by atoms with Gasteiger partial charge in [0.05, 0.1) is 6.20 Å². The number of carbonyl (C=O) groups is 1. The highest BCUT2D eigenvalue weighted by Crippen LogP contribution is 2.18. The monoisotopic (exact) mass is 290 g/mol. The number of nitrogens with zero attached hydrogens (tertiary/aromatic N) is 2. The molecule has 0 spiro atoms. The van der Waals surface area contributed by atoms with Crippen LogP contribution in [-0.4, -0.2) is 28.5 Å². The fourth-order valence-corrected chi connectivity index (χ4v) is 1.50. The second kappa shape index (κ2) is 7.38. The van der Waals surface area contributed by atoms with E-state index in [9.17, 15) is 4.79 Å². The molecule has 0 saturated heterocycles. The van der Waals surface area contributed by atoms with Crippen LogP contribution < -0.4 is 10.6 Å². The first kappa shape index (κ1) is 15.0. The van der Waals surface area contributed by atoms with Crippen molar-refractivity contribution >= 4 is 34.9 Å². The van der Waals surface area contributed by atoms with E-state index in [0.717, 1.165) is 6.42 Å². The van der Waals surface area contributed by atoms with Crippen LogP contribution in [0.4, 0.5) is 5.82 Å². The van der Waals surface area contributed by atoms with Gasteiger partial charge in [-0.2, -0.15) is 4.98 Å². The average Bonchev–Trinajstić information content (AvgIpc) is 2.33. The van der Waals surface area contributed by atoms with Gasteiger partial charge in [0.1, 0.15) is 10.8 Å². The third-order valence-electron chi connectivity index (χ3n) is 2.38. The molecule has 1 atom stereocenters. The molecule has 1 amide bonds. The highest BCUT2D eigenvalue weighted by Gasteiger charge is 2.07. The van der Waals surface area contributed by atoms with Crippen molar-refractivity contribution in [1.29, 1.82) is 0 Å². The molecular weight excluding hydrogens is 275 g/mol. The van der Waals surface area contributed by atoms with E-state index < -0.39 is 0 Å². The molecular formula is C11H16Cl2N4O. The fraction of sp³-hybridized carbons (Fsp3) is 0.545. The number of hydrogen-bond acceptors (Lipinski definition) is 4. The molecule has 5 nitrogen and oxygen atoms in total. The van der Waals surface area contributed by atoms with Crippen LogP contribution >= 0.6 is 23.2 Å². The Balaban J connectivity index is 2.37. The highest BCUT2D eigenvalue weighted by atomic mass is 35.5. The Bertz CT molecular complexity index is 414. The van der Waals surface area contributed by atoms with Crippen molar-refractivity contribution in [2.75, 3.05) is 11.9 Å². The van der Waals surface area contributed by atoms with E-state index in [4.69, 9.17) is 23.2 Å². The van der Waals surface area contributed by atoms with Crippen molar-refractivity contribution in [3.8, 4) is 0 Å². The molecule has 0 aliphatic rings. The summed E-state index contributed by atoms with van der Waals surface area (Å²) in [6.45, 7) is 4.42. The minimum Gasteiger partial charge on any atom is -0.368 e. The van der Waals surface area contributed by atoms with Crippen LogP contribution in [0.25, 0.3) is 0 Å². The predicted octanol–water partition coefficient (Wildman–Crippen LogP) is 2.50. The normalized spacial score (nSPS) is 12.0. The molecule has 1 aromatic rings. The second-order valence-electron chi connectivity index (χ2n) is 3.89. The summed E-state index contributed by atoms with van der Waals surface area (Å²) in [5.74, 6) is 0.432. The number of amides is 1. The van der Waals surface area contributed by atoms with Crippen molar-refractivity contribution in [2.45, 2.75) is 32.7 Å². The molecule has 100 valence electrons. The zero-order valence-electron chi connectivity index (χ0n) is 10.3. The first-order valence-corrected chi connectivity index (χ1v) is 6.49. The van der Waals surface area contributed by atoms with Gasteiger partial charge in [-0.15, -0.1) is 0 Å². The minimum absolute atomic E-state index is 0.00637. The lowest BCUT2D eigenvalue weighted by molar-refractivity contribution is -0.121. The molecule has 0 aromatic carbocycles. The Morgan fingerprint density at radius 2 is 2.22 bits per heavy atom. The lowest BCUT2D eigenvalue weighted by atomic mass is 10.2. The number of anilines is 1. The number of aromatic nitrogens is 2. The molecule has 1 rings (SSSR count). The third-order valence-corrected chi connectivity index (χ3v) is 2.84. The minimum atomic E-state index is -0.00637. The maximum atomic E-state index is 11.5. The van der Waals surface area contributed by atoms with E-state index in [2.05, 4.69) is 20.6 Å². The molecule has 0 aliphatic heterocycles. The van der Waals surface area contributed by atoms with Gasteiger partial charge in [-0.3, -0.25) is 4.79 Å². The summed E-state index contributed by atoms with van der Waals surface area (Å²) in [5, 5.41) is 6.31. The average molecular weight is 291 g/mol. The Morgan fingerprint density at radius 1 is 1.50 bits per heavy atom.